The normalized spacial score (nSPS) is 13.5. The van der Waals surface area contributed by atoms with Gasteiger partial charge in [-0.05, 0) is 22.9 Å². The lowest BCUT2D eigenvalue weighted by atomic mass is 9.97. The van der Waals surface area contributed by atoms with E-state index in [2.05, 4.69) is 0 Å². The maximum atomic E-state index is 12.0. The van der Waals surface area contributed by atoms with Crippen LogP contribution in [0.15, 0.2) is 51.8 Å². The van der Waals surface area contributed by atoms with Gasteiger partial charge >= 0.3 is 0 Å². The fraction of sp³-hybridized carbons (Fsp3) is 0.0714. The quantitative estimate of drug-likeness (QED) is 0.642. The maximum absolute atomic E-state index is 12.0. The summed E-state index contributed by atoms with van der Waals surface area (Å²) < 4.78 is 10.0. The van der Waals surface area contributed by atoms with Crippen molar-refractivity contribution in [2.75, 3.05) is 0 Å². The first-order chi connectivity index (χ1) is 8.36. The molecular formula is C14H10O3. The number of hydrogen-bond donors (Lipinski definition) is 0. The average molecular weight is 226 g/mol. The molecule has 0 N–H and O–H groups in total. The van der Waals surface area contributed by atoms with E-state index in [1.54, 1.807) is 18.2 Å². The maximum Gasteiger partial charge on any atom is 0.189 e. The van der Waals surface area contributed by atoms with Crippen molar-refractivity contribution in [3.05, 3.63) is 54.0 Å². The zero-order valence-corrected chi connectivity index (χ0v) is 9.05. The van der Waals surface area contributed by atoms with Gasteiger partial charge in [-0.25, -0.2) is 0 Å². The summed E-state index contributed by atoms with van der Waals surface area (Å²) in [6, 6.07) is 9.47. The second-order valence-electron chi connectivity index (χ2n) is 3.84. The van der Waals surface area contributed by atoms with Gasteiger partial charge in [-0.2, -0.15) is 0 Å². The third-order valence-corrected chi connectivity index (χ3v) is 2.77. The molecule has 1 aliphatic rings. The second kappa shape index (κ2) is 3.94. The van der Waals surface area contributed by atoms with Crippen molar-refractivity contribution in [2.24, 2.45) is 0 Å². The van der Waals surface area contributed by atoms with Crippen molar-refractivity contribution in [1.29, 1.82) is 0 Å². The number of carbonyl (C=O) groups excluding carboxylic acids is 1. The predicted octanol–water partition coefficient (Wildman–Crippen LogP) is 3.75. The Morgan fingerprint density at radius 3 is 2.94 bits per heavy atom. The number of Topliss-reactive ketones (excluding diaryl/α,β-unsaturated/α-hetero) is 1. The topological polar surface area (TPSA) is 43.4 Å². The lowest BCUT2D eigenvalue weighted by Gasteiger charge is -2.07. The van der Waals surface area contributed by atoms with E-state index in [4.69, 9.17) is 9.15 Å². The van der Waals surface area contributed by atoms with Crippen LogP contribution in [0.25, 0.3) is 16.8 Å². The molecule has 1 aromatic heterocycles. The van der Waals surface area contributed by atoms with Crippen LogP contribution < -0.4 is 0 Å². The van der Waals surface area contributed by atoms with Gasteiger partial charge in [0.1, 0.15) is 6.26 Å². The van der Waals surface area contributed by atoms with Crippen molar-refractivity contribution in [3.63, 3.8) is 0 Å². The molecule has 3 nitrogen and oxygen atoms in total. The highest BCUT2D eigenvalue weighted by atomic mass is 17.0. The summed E-state index contributed by atoms with van der Waals surface area (Å²) in [6.45, 7) is 0. The number of fused-ring (bicyclic) bond motifs is 3. The van der Waals surface area contributed by atoms with E-state index in [1.807, 2.05) is 24.3 Å². The first kappa shape index (κ1) is 9.90. The Morgan fingerprint density at radius 2 is 2.00 bits per heavy atom. The molecule has 1 heterocycles. The second-order valence-corrected chi connectivity index (χ2v) is 3.84. The fourth-order valence-electron chi connectivity index (χ4n) is 2.00. The summed E-state index contributed by atoms with van der Waals surface area (Å²) in [4.78, 5) is 12.0. The lowest BCUT2D eigenvalue weighted by molar-refractivity contribution is 0.0437. The van der Waals surface area contributed by atoms with Crippen LogP contribution in [0.3, 0.4) is 0 Å². The Balaban J connectivity index is 2.52. The highest BCUT2D eigenvalue weighted by Crippen LogP contribution is 2.25. The molecule has 0 saturated heterocycles. The molecular weight excluding hydrogens is 216 g/mol. The molecule has 1 aromatic carbocycles. The van der Waals surface area contributed by atoms with E-state index in [9.17, 15) is 4.79 Å². The summed E-state index contributed by atoms with van der Waals surface area (Å²) in [7, 11) is 0. The van der Waals surface area contributed by atoms with Crippen molar-refractivity contribution >= 4 is 22.6 Å². The molecule has 3 rings (SSSR count). The van der Waals surface area contributed by atoms with Crippen molar-refractivity contribution in [2.45, 2.75) is 6.42 Å². The van der Waals surface area contributed by atoms with Gasteiger partial charge in [-0.15, -0.1) is 0 Å². The number of carbonyl (C=O) groups is 1. The number of benzene rings is 1. The van der Waals surface area contributed by atoms with Crippen molar-refractivity contribution in [3.8, 4) is 0 Å². The molecule has 2 aromatic rings. The Kier molecular flexibility index (Phi) is 2.29. The Morgan fingerprint density at radius 1 is 1.12 bits per heavy atom. The third-order valence-electron chi connectivity index (χ3n) is 2.77. The standard InChI is InChI=1S/C14H10O3/c15-12-6-3-7-13-14(12)11-5-2-1-4-10(11)8-9-16-17-13/h1-5,7-9H,6H2. The first-order valence-electron chi connectivity index (χ1n) is 5.39. The summed E-state index contributed by atoms with van der Waals surface area (Å²) in [5, 5.41) is 1.84. The fourth-order valence-corrected chi connectivity index (χ4v) is 2.00. The van der Waals surface area contributed by atoms with Gasteiger partial charge in [0.2, 0.25) is 0 Å². The summed E-state index contributed by atoms with van der Waals surface area (Å²) in [6.07, 6.45) is 5.42. The van der Waals surface area contributed by atoms with Crippen LogP contribution in [0.5, 0.6) is 0 Å². The Labute approximate surface area is 97.6 Å². The van der Waals surface area contributed by atoms with Gasteiger partial charge in [-0.1, -0.05) is 30.3 Å². The molecule has 1 aliphatic carbocycles. The minimum Gasteiger partial charge on any atom is -0.298 e. The number of ketones is 1. The SMILES string of the molecule is O=C1CC=Cc2ooccc3ccccc3c21. The molecule has 0 bridgehead atoms. The van der Waals surface area contributed by atoms with Gasteiger partial charge in [0.05, 0.1) is 5.56 Å². The monoisotopic (exact) mass is 226 g/mol. The zero-order valence-electron chi connectivity index (χ0n) is 9.05. The van der Waals surface area contributed by atoms with Crippen LogP contribution in [-0.2, 0) is 0 Å². The van der Waals surface area contributed by atoms with Gasteiger partial charge in [0, 0.05) is 6.42 Å². The minimum absolute atomic E-state index is 0.0499. The number of hydrogen-bond acceptors (Lipinski definition) is 3. The molecule has 0 radical (unpaired) electrons. The van der Waals surface area contributed by atoms with Gasteiger partial charge < -0.3 is 0 Å². The smallest absolute Gasteiger partial charge is 0.189 e. The molecule has 0 atom stereocenters. The average Bonchev–Trinajstić information content (AvgIpc) is 2.32. The molecule has 0 spiro atoms. The highest BCUT2D eigenvalue weighted by Gasteiger charge is 2.17. The predicted molar refractivity (Wildman–Crippen MR) is 64.1 cm³/mol. The molecule has 0 fully saturated rings. The van der Waals surface area contributed by atoms with E-state index in [-0.39, 0.29) is 5.78 Å². The minimum atomic E-state index is 0.0499. The van der Waals surface area contributed by atoms with Crippen LogP contribution in [0.1, 0.15) is 22.5 Å². The molecule has 3 heteroatoms. The van der Waals surface area contributed by atoms with Gasteiger partial charge in [0.25, 0.3) is 0 Å². The highest BCUT2D eigenvalue weighted by molar-refractivity contribution is 6.11. The van der Waals surface area contributed by atoms with Crippen LogP contribution in [0.4, 0.5) is 0 Å². The summed E-state index contributed by atoms with van der Waals surface area (Å²) in [5.74, 6) is 0.520. The lowest BCUT2D eigenvalue weighted by Crippen LogP contribution is -2.03. The summed E-state index contributed by atoms with van der Waals surface area (Å²) in [5.41, 5.74) is 0.590. The largest absolute Gasteiger partial charge is 0.298 e. The molecule has 0 saturated carbocycles. The molecule has 0 aliphatic heterocycles. The van der Waals surface area contributed by atoms with Crippen LogP contribution in [0.2, 0.25) is 0 Å². The van der Waals surface area contributed by atoms with Crippen LogP contribution in [-0.4, -0.2) is 5.78 Å². The van der Waals surface area contributed by atoms with E-state index in [0.29, 0.717) is 17.7 Å². The van der Waals surface area contributed by atoms with Gasteiger partial charge in [-0.3, -0.25) is 13.9 Å². The van der Waals surface area contributed by atoms with Crippen LogP contribution >= 0.6 is 0 Å². The third kappa shape index (κ3) is 1.65. The zero-order chi connectivity index (χ0) is 11.7. The summed E-state index contributed by atoms with van der Waals surface area (Å²) >= 11 is 0. The number of rotatable bonds is 0. The van der Waals surface area contributed by atoms with Crippen molar-refractivity contribution in [1.82, 2.24) is 0 Å². The van der Waals surface area contributed by atoms with E-state index in [0.717, 1.165) is 10.8 Å². The molecule has 0 unspecified atom stereocenters. The molecule has 0 amide bonds. The Hall–Kier alpha value is -2.29. The van der Waals surface area contributed by atoms with E-state index >= 15 is 0 Å². The van der Waals surface area contributed by atoms with Gasteiger partial charge in [0.15, 0.2) is 11.5 Å². The van der Waals surface area contributed by atoms with Crippen molar-refractivity contribution < 1.29 is 13.9 Å². The first-order valence-corrected chi connectivity index (χ1v) is 5.39. The number of allylic oxidation sites excluding steroid dienone is 1. The molecule has 17 heavy (non-hydrogen) atoms. The Bertz CT molecular complexity index is 657. The van der Waals surface area contributed by atoms with E-state index < -0.39 is 0 Å². The van der Waals surface area contributed by atoms with E-state index in [1.165, 1.54) is 6.26 Å². The molecule has 84 valence electrons. The van der Waals surface area contributed by atoms with Crippen LogP contribution in [0, 0.1) is 0 Å².